The Morgan fingerprint density at radius 3 is 2.65 bits per heavy atom. The molecule has 0 fully saturated rings. The van der Waals surface area contributed by atoms with Gasteiger partial charge in [-0.15, -0.1) is 0 Å². The Labute approximate surface area is 98.0 Å². The minimum atomic E-state index is -1.43. The molecule has 1 aromatic rings. The summed E-state index contributed by atoms with van der Waals surface area (Å²) < 4.78 is 4.68. The first-order valence-corrected chi connectivity index (χ1v) is 4.85. The van der Waals surface area contributed by atoms with Gasteiger partial charge in [-0.25, -0.2) is 4.79 Å². The minimum absolute atomic E-state index is 0.0225. The molecule has 17 heavy (non-hydrogen) atoms. The molecular formula is C12H12O5. The lowest BCUT2D eigenvalue weighted by Gasteiger charge is -2.09. The second-order valence-electron chi connectivity index (χ2n) is 3.24. The Kier molecular flexibility index (Phi) is 4.42. The summed E-state index contributed by atoms with van der Waals surface area (Å²) in [6, 6.07) is 5.82. The largest absolute Gasteiger partial charge is 0.507 e. The zero-order chi connectivity index (χ0) is 12.8. The number of rotatable bonds is 5. The Morgan fingerprint density at radius 1 is 1.41 bits per heavy atom. The lowest BCUT2D eigenvalue weighted by molar-refractivity contribution is -0.124. The van der Waals surface area contributed by atoms with Gasteiger partial charge in [0.1, 0.15) is 17.9 Å². The van der Waals surface area contributed by atoms with Gasteiger partial charge in [0.15, 0.2) is 11.9 Å². The molecule has 0 amide bonds. The summed E-state index contributed by atoms with van der Waals surface area (Å²) in [5, 5.41) is 18.6. The van der Waals surface area contributed by atoms with Crippen molar-refractivity contribution in [3.63, 3.8) is 0 Å². The van der Waals surface area contributed by atoms with Gasteiger partial charge in [0.05, 0.1) is 0 Å². The van der Waals surface area contributed by atoms with Crippen LogP contribution in [0.3, 0.4) is 0 Å². The van der Waals surface area contributed by atoms with Gasteiger partial charge in [-0.05, 0) is 18.2 Å². The van der Waals surface area contributed by atoms with E-state index in [1.807, 2.05) is 0 Å². The van der Waals surface area contributed by atoms with Crippen LogP contribution in [-0.2, 0) is 9.53 Å². The third kappa shape index (κ3) is 3.42. The van der Waals surface area contributed by atoms with Crippen LogP contribution in [0.5, 0.6) is 5.75 Å². The van der Waals surface area contributed by atoms with Crippen molar-refractivity contribution in [3.8, 4) is 5.75 Å². The Balaban J connectivity index is 2.59. The molecule has 0 aliphatic rings. The summed E-state index contributed by atoms with van der Waals surface area (Å²) >= 11 is 0. The van der Waals surface area contributed by atoms with E-state index in [9.17, 15) is 19.8 Å². The van der Waals surface area contributed by atoms with Crippen LogP contribution < -0.4 is 0 Å². The fourth-order valence-corrected chi connectivity index (χ4v) is 1.10. The maximum absolute atomic E-state index is 11.5. The third-order valence-corrected chi connectivity index (χ3v) is 2.03. The first kappa shape index (κ1) is 12.9. The number of aliphatic hydroxyl groups is 1. The smallest absolute Gasteiger partial charge is 0.342 e. The number of phenolic OH excluding ortho intramolecular Hbond substituents is 1. The van der Waals surface area contributed by atoms with Crippen LogP contribution in [0.15, 0.2) is 36.9 Å². The van der Waals surface area contributed by atoms with Crippen LogP contribution in [0.4, 0.5) is 0 Å². The van der Waals surface area contributed by atoms with Crippen molar-refractivity contribution < 1.29 is 24.5 Å². The molecule has 0 aromatic heterocycles. The van der Waals surface area contributed by atoms with Crippen molar-refractivity contribution in [1.29, 1.82) is 0 Å². The van der Waals surface area contributed by atoms with Crippen LogP contribution in [0.25, 0.3) is 0 Å². The molecule has 1 atom stereocenters. The van der Waals surface area contributed by atoms with Gasteiger partial charge in [-0.3, -0.25) is 4.79 Å². The zero-order valence-electron chi connectivity index (χ0n) is 9.00. The Morgan fingerprint density at radius 2 is 2.06 bits per heavy atom. The molecule has 5 nitrogen and oxygen atoms in total. The van der Waals surface area contributed by atoms with E-state index in [-0.39, 0.29) is 11.3 Å². The first-order chi connectivity index (χ1) is 8.06. The number of phenols is 1. The predicted molar refractivity (Wildman–Crippen MR) is 59.6 cm³/mol. The molecule has 1 aromatic carbocycles. The van der Waals surface area contributed by atoms with E-state index in [2.05, 4.69) is 11.3 Å². The number of carbonyl (C=O) groups is 2. The van der Waals surface area contributed by atoms with Crippen LogP contribution in [0.1, 0.15) is 10.4 Å². The number of carbonyl (C=O) groups excluding carboxylic acids is 2. The molecule has 1 rings (SSSR count). The number of para-hydroxylation sites is 1. The molecule has 1 unspecified atom stereocenters. The molecule has 0 saturated heterocycles. The number of hydrogen-bond donors (Lipinski definition) is 2. The van der Waals surface area contributed by atoms with Gasteiger partial charge in [-0.1, -0.05) is 18.7 Å². The average molecular weight is 236 g/mol. The number of aromatic hydroxyl groups is 1. The molecule has 0 radical (unpaired) electrons. The topological polar surface area (TPSA) is 83.8 Å². The molecule has 0 saturated carbocycles. The quantitative estimate of drug-likeness (QED) is 0.579. The van der Waals surface area contributed by atoms with Gasteiger partial charge in [0.25, 0.3) is 0 Å². The number of benzene rings is 1. The predicted octanol–water partition coefficient (Wildman–Crippen LogP) is 0.665. The molecule has 0 aliphatic heterocycles. The molecular weight excluding hydrogens is 224 g/mol. The van der Waals surface area contributed by atoms with E-state index >= 15 is 0 Å². The molecule has 0 aliphatic carbocycles. The van der Waals surface area contributed by atoms with E-state index in [0.29, 0.717) is 0 Å². The molecule has 5 heteroatoms. The maximum Gasteiger partial charge on any atom is 0.342 e. The number of aliphatic hydroxyl groups excluding tert-OH is 1. The minimum Gasteiger partial charge on any atom is -0.507 e. The first-order valence-electron chi connectivity index (χ1n) is 4.85. The van der Waals surface area contributed by atoms with Crippen LogP contribution in [0.2, 0.25) is 0 Å². The van der Waals surface area contributed by atoms with Gasteiger partial charge in [-0.2, -0.15) is 0 Å². The highest BCUT2D eigenvalue weighted by atomic mass is 16.5. The van der Waals surface area contributed by atoms with Crippen LogP contribution in [0, 0.1) is 0 Å². The fourth-order valence-electron chi connectivity index (χ4n) is 1.10. The number of esters is 1. The van der Waals surface area contributed by atoms with Crippen molar-refractivity contribution in [2.75, 3.05) is 6.61 Å². The molecule has 0 heterocycles. The molecule has 90 valence electrons. The van der Waals surface area contributed by atoms with Gasteiger partial charge >= 0.3 is 5.97 Å². The van der Waals surface area contributed by atoms with Crippen molar-refractivity contribution in [2.45, 2.75) is 6.10 Å². The summed E-state index contributed by atoms with van der Waals surface area (Å²) in [5.74, 6) is -1.66. The van der Waals surface area contributed by atoms with E-state index < -0.39 is 24.5 Å². The third-order valence-electron chi connectivity index (χ3n) is 2.03. The van der Waals surface area contributed by atoms with E-state index in [1.165, 1.54) is 12.1 Å². The summed E-state index contributed by atoms with van der Waals surface area (Å²) in [4.78, 5) is 22.4. The average Bonchev–Trinajstić information content (AvgIpc) is 2.35. The maximum atomic E-state index is 11.5. The van der Waals surface area contributed by atoms with Crippen molar-refractivity contribution in [1.82, 2.24) is 0 Å². The number of ether oxygens (including phenoxy) is 1. The highest BCUT2D eigenvalue weighted by Crippen LogP contribution is 2.16. The summed E-state index contributed by atoms with van der Waals surface area (Å²) in [7, 11) is 0. The standard InChI is InChI=1S/C12H12O5/c1-2-9(13)11(15)7-17-12(16)8-5-3-4-6-10(8)14/h2-6,11,14-15H,1,7H2. The SMILES string of the molecule is C=CC(=O)C(O)COC(=O)c1ccccc1O. The van der Waals surface area contributed by atoms with Crippen molar-refractivity contribution in [3.05, 3.63) is 42.5 Å². The van der Waals surface area contributed by atoms with E-state index in [4.69, 9.17) is 0 Å². The monoisotopic (exact) mass is 236 g/mol. The van der Waals surface area contributed by atoms with Crippen molar-refractivity contribution >= 4 is 11.8 Å². The van der Waals surface area contributed by atoms with E-state index in [1.54, 1.807) is 12.1 Å². The lowest BCUT2D eigenvalue weighted by Crippen LogP contribution is -2.25. The normalized spacial score (nSPS) is 11.6. The number of hydrogen-bond acceptors (Lipinski definition) is 5. The number of ketones is 1. The van der Waals surface area contributed by atoms with Crippen LogP contribution in [-0.4, -0.2) is 34.7 Å². The molecule has 0 spiro atoms. The van der Waals surface area contributed by atoms with E-state index in [0.717, 1.165) is 6.08 Å². The van der Waals surface area contributed by atoms with Gasteiger partial charge < -0.3 is 14.9 Å². The summed E-state index contributed by atoms with van der Waals surface area (Å²) in [6.45, 7) is 2.72. The summed E-state index contributed by atoms with van der Waals surface area (Å²) in [5.41, 5.74) is -0.0225. The van der Waals surface area contributed by atoms with Gasteiger partial charge in [0, 0.05) is 0 Å². The Hall–Kier alpha value is -2.14. The highest BCUT2D eigenvalue weighted by Gasteiger charge is 2.17. The molecule has 0 bridgehead atoms. The Bertz CT molecular complexity index is 438. The van der Waals surface area contributed by atoms with Crippen LogP contribution >= 0.6 is 0 Å². The lowest BCUT2D eigenvalue weighted by atomic mass is 10.2. The second-order valence-corrected chi connectivity index (χ2v) is 3.24. The highest BCUT2D eigenvalue weighted by molar-refractivity contribution is 5.94. The van der Waals surface area contributed by atoms with Crippen molar-refractivity contribution in [2.24, 2.45) is 0 Å². The van der Waals surface area contributed by atoms with Gasteiger partial charge in [0.2, 0.25) is 0 Å². The summed E-state index contributed by atoms with van der Waals surface area (Å²) in [6.07, 6.45) is -0.485. The second kappa shape index (κ2) is 5.81. The zero-order valence-corrected chi connectivity index (χ0v) is 9.00. The fraction of sp³-hybridized carbons (Fsp3) is 0.167. The molecule has 2 N–H and O–H groups in total.